The van der Waals surface area contributed by atoms with Gasteiger partial charge in [-0.25, -0.2) is 0 Å². The minimum atomic E-state index is 0.0190. The molecule has 1 aliphatic heterocycles. The average molecular weight is 214 g/mol. The second-order valence-electron chi connectivity index (χ2n) is 4.36. The van der Waals surface area contributed by atoms with Gasteiger partial charge in [0.05, 0.1) is 6.61 Å². The van der Waals surface area contributed by atoms with Gasteiger partial charge in [0.1, 0.15) is 0 Å². The number of amides is 1. The van der Waals surface area contributed by atoms with Crippen molar-refractivity contribution >= 4 is 5.91 Å². The molecule has 0 spiro atoms. The van der Waals surface area contributed by atoms with Crippen LogP contribution in [0.15, 0.2) is 0 Å². The van der Waals surface area contributed by atoms with E-state index in [4.69, 9.17) is 5.11 Å². The quantitative estimate of drug-likeness (QED) is 0.609. The number of nitrogens with one attached hydrogen (secondary N) is 2. The Morgan fingerprint density at radius 3 is 3.07 bits per heavy atom. The molecule has 2 atom stereocenters. The Hall–Kier alpha value is -0.610. The maximum absolute atomic E-state index is 11.4. The molecule has 1 rings (SSSR count). The third-order valence-corrected chi connectivity index (χ3v) is 3.08. The van der Waals surface area contributed by atoms with Gasteiger partial charge in [-0.1, -0.05) is 6.92 Å². The van der Waals surface area contributed by atoms with E-state index in [-0.39, 0.29) is 12.5 Å². The van der Waals surface area contributed by atoms with Gasteiger partial charge in [-0.3, -0.25) is 4.79 Å². The fourth-order valence-electron chi connectivity index (χ4n) is 2.09. The van der Waals surface area contributed by atoms with Crippen LogP contribution in [0.3, 0.4) is 0 Å². The Kier molecular flexibility index (Phi) is 5.65. The summed E-state index contributed by atoms with van der Waals surface area (Å²) in [6.07, 6.45) is 3.01. The standard InChI is InChI=1S/C11H22N2O2/c1-9(7-11(15)13-5-6-14)10-3-2-4-12-8-10/h9-10,12,14H,2-8H2,1H3,(H,13,15). The maximum atomic E-state index is 11.4. The van der Waals surface area contributed by atoms with Crippen molar-refractivity contribution in [1.29, 1.82) is 0 Å². The van der Waals surface area contributed by atoms with Crippen molar-refractivity contribution in [3.63, 3.8) is 0 Å². The molecular weight excluding hydrogens is 192 g/mol. The molecule has 0 aromatic carbocycles. The summed E-state index contributed by atoms with van der Waals surface area (Å²) < 4.78 is 0. The van der Waals surface area contributed by atoms with Crippen molar-refractivity contribution in [2.75, 3.05) is 26.2 Å². The molecule has 0 saturated carbocycles. The average Bonchev–Trinajstić information content (AvgIpc) is 2.27. The van der Waals surface area contributed by atoms with Gasteiger partial charge in [-0.2, -0.15) is 0 Å². The first-order valence-corrected chi connectivity index (χ1v) is 5.82. The highest BCUT2D eigenvalue weighted by Crippen LogP contribution is 2.22. The lowest BCUT2D eigenvalue weighted by Gasteiger charge is -2.27. The third kappa shape index (κ3) is 4.62. The zero-order valence-electron chi connectivity index (χ0n) is 9.46. The molecule has 1 amide bonds. The van der Waals surface area contributed by atoms with E-state index in [1.165, 1.54) is 12.8 Å². The van der Waals surface area contributed by atoms with Crippen LogP contribution in [0.2, 0.25) is 0 Å². The van der Waals surface area contributed by atoms with Crippen LogP contribution in [0.5, 0.6) is 0 Å². The van der Waals surface area contributed by atoms with Crippen molar-refractivity contribution in [3.8, 4) is 0 Å². The van der Waals surface area contributed by atoms with Gasteiger partial charge in [0.25, 0.3) is 0 Å². The molecule has 15 heavy (non-hydrogen) atoms. The summed E-state index contributed by atoms with van der Waals surface area (Å²) in [5, 5.41) is 14.6. The highest BCUT2D eigenvalue weighted by Gasteiger charge is 2.21. The van der Waals surface area contributed by atoms with Gasteiger partial charge in [0, 0.05) is 13.0 Å². The smallest absolute Gasteiger partial charge is 0.220 e. The van der Waals surface area contributed by atoms with Crippen LogP contribution in [0, 0.1) is 11.8 Å². The van der Waals surface area contributed by atoms with E-state index >= 15 is 0 Å². The summed E-state index contributed by atoms with van der Waals surface area (Å²) in [6.45, 7) is 4.67. The fourth-order valence-corrected chi connectivity index (χ4v) is 2.09. The first-order chi connectivity index (χ1) is 7.24. The lowest BCUT2D eigenvalue weighted by Crippen LogP contribution is -2.36. The molecule has 0 aliphatic carbocycles. The zero-order chi connectivity index (χ0) is 11.1. The first-order valence-electron chi connectivity index (χ1n) is 5.82. The number of hydrogen-bond acceptors (Lipinski definition) is 3. The topological polar surface area (TPSA) is 61.4 Å². The molecule has 0 radical (unpaired) electrons. The van der Waals surface area contributed by atoms with Gasteiger partial charge in [0.2, 0.25) is 5.91 Å². The highest BCUT2D eigenvalue weighted by atomic mass is 16.3. The van der Waals surface area contributed by atoms with E-state index in [1.54, 1.807) is 0 Å². The van der Waals surface area contributed by atoms with E-state index in [9.17, 15) is 4.79 Å². The van der Waals surface area contributed by atoms with Gasteiger partial charge in [-0.05, 0) is 37.8 Å². The fraction of sp³-hybridized carbons (Fsp3) is 0.909. The Morgan fingerprint density at radius 2 is 2.47 bits per heavy atom. The number of hydrogen-bond donors (Lipinski definition) is 3. The van der Waals surface area contributed by atoms with E-state index < -0.39 is 0 Å². The summed E-state index contributed by atoms with van der Waals surface area (Å²) in [7, 11) is 0. The van der Waals surface area contributed by atoms with E-state index in [1.807, 2.05) is 0 Å². The van der Waals surface area contributed by atoms with Crippen LogP contribution in [0.1, 0.15) is 26.2 Å². The van der Waals surface area contributed by atoms with Crippen LogP contribution >= 0.6 is 0 Å². The Morgan fingerprint density at radius 1 is 1.67 bits per heavy atom. The molecule has 2 unspecified atom stereocenters. The number of piperidine rings is 1. The third-order valence-electron chi connectivity index (χ3n) is 3.08. The van der Waals surface area contributed by atoms with Crippen molar-refractivity contribution < 1.29 is 9.90 Å². The second kappa shape index (κ2) is 6.80. The molecule has 0 aromatic rings. The zero-order valence-corrected chi connectivity index (χ0v) is 9.46. The van der Waals surface area contributed by atoms with Crippen LogP contribution in [-0.2, 0) is 4.79 Å². The van der Waals surface area contributed by atoms with Gasteiger partial charge in [0.15, 0.2) is 0 Å². The Labute approximate surface area is 91.4 Å². The second-order valence-corrected chi connectivity index (χ2v) is 4.36. The minimum Gasteiger partial charge on any atom is -0.395 e. The van der Waals surface area contributed by atoms with E-state index in [0.29, 0.717) is 24.8 Å². The molecule has 1 saturated heterocycles. The summed E-state index contributed by atoms with van der Waals surface area (Å²) in [5.74, 6) is 1.11. The molecule has 88 valence electrons. The Balaban J connectivity index is 2.21. The summed E-state index contributed by atoms with van der Waals surface area (Å²) >= 11 is 0. The molecule has 1 aliphatic rings. The summed E-state index contributed by atoms with van der Waals surface area (Å²) in [4.78, 5) is 11.4. The molecule has 1 heterocycles. The lowest BCUT2D eigenvalue weighted by molar-refractivity contribution is -0.122. The largest absolute Gasteiger partial charge is 0.395 e. The molecule has 1 fully saturated rings. The maximum Gasteiger partial charge on any atom is 0.220 e. The monoisotopic (exact) mass is 214 g/mol. The number of carbonyl (C=O) groups excluding carboxylic acids is 1. The molecule has 0 bridgehead atoms. The first kappa shape index (κ1) is 12.5. The molecular formula is C11H22N2O2. The predicted molar refractivity (Wildman–Crippen MR) is 59.5 cm³/mol. The number of carbonyl (C=O) groups is 1. The van der Waals surface area contributed by atoms with Crippen LogP contribution < -0.4 is 10.6 Å². The van der Waals surface area contributed by atoms with Crippen LogP contribution in [0.25, 0.3) is 0 Å². The summed E-state index contributed by atoms with van der Waals surface area (Å²) in [5.41, 5.74) is 0. The molecule has 4 nitrogen and oxygen atoms in total. The number of aliphatic hydroxyl groups excluding tert-OH is 1. The number of rotatable bonds is 5. The van der Waals surface area contributed by atoms with Crippen LogP contribution in [0.4, 0.5) is 0 Å². The van der Waals surface area contributed by atoms with Gasteiger partial charge in [-0.15, -0.1) is 0 Å². The van der Waals surface area contributed by atoms with Crippen LogP contribution in [-0.4, -0.2) is 37.3 Å². The summed E-state index contributed by atoms with van der Waals surface area (Å²) in [6, 6.07) is 0. The minimum absolute atomic E-state index is 0.0190. The molecule has 3 N–H and O–H groups in total. The SMILES string of the molecule is CC(CC(=O)NCCO)C1CCCNC1. The lowest BCUT2D eigenvalue weighted by atomic mass is 9.85. The predicted octanol–water partition coefficient (Wildman–Crippen LogP) is 0.121. The number of aliphatic hydroxyl groups is 1. The van der Waals surface area contributed by atoms with Gasteiger partial charge < -0.3 is 15.7 Å². The molecule has 4 heteroatoms. The van der Waals surface area contributed by atoms with Crippen molar-refractivity contribution in [3.05, 3.63) is 0 Å². The van der Waals surface area contributed by atoms with Crippen molar-refractivity contribution in [1.82, 2.24) is 10.6 Å². The van der Waals surface area contributed by atoms with Crippen molar-refractivity contribution in [2.24, 2.45) is 11.8 Å². The van der Waals surface area contributed by atoms with E-state index in [2.05, 4.69) is 17.6 Å². The van der Waals surface area contributed by atoms with Crippen molar-refractivity contribution in [2.45, 2.75) is 26.2 Å². The molecule has 0 aromatic heterocycles. The highest BCUT2D eigenvalue weighted by molar-refractivity contribution is 5.76. The van der Waals surface area contributed by atoms with Gasteiger partial charge >= 0.3 is 0 Å². The Bertz CT molecular complexity index is 191. The normalized spacial score (nSPS) is 23.5. The van der Waals surface area contributed by atoms with E-state index in [0.717, 1.165) is 13.1 Å².